The number of halogens is 1. The molecule has 0 fully saturated rings. The molecule has 2 aromatic carbocycles. The molecule has 2 rings (SSSR count). The Kier molecular flexibility index (Phi) is 8.91. The predicted molar refractivity (Wildman–Crippen MR) is 133 cm³/mol. The summed E-state index contributed by atoms with van der Waals surface area (Å²) in [4.78, 5) is 27.7. The molecule has 0 unspecified atom stereocenters. The molecular formula is C24H32ClN3O4S. The van der Waals surface area contributed by atoms with E-state index in [1.54, 1.807) is 57.2 Å². The number of nitrogens with zero attached hydrogens (tertiary/aromatic N) is 2. The fraction of sp³-hybridized carbons (Fsp3) is 0.417. The van der Waals surface area contributed by atoms with Crippen LogP contribution in [0, 0.1) is 13.8 Å². The van der Waals surface area contributed by atoms with Crippen LogP contribution < -0.4 is 9.62 Å². The number of sulfonamides is 1. The molecule has 2 aromatic rings. The third-order valence-electron chi connectivity index (χ3n) is 5.21. The van der Waals surface area contributed by atoms with Crippen molar-refractivity contribution in [1.82, 2.24) is 10.2 Å². The van der Waals surface area contributed by atoms with E-state index in [2.05, 4.69) is 5.32 Å². The molecular weight excluding hydrogens is 462 g/mol. The molecule has 0 aromatic heterocycles. The highest BCUT2D eigenvalue weighted by atomic mass is 35.5. The van der Waals surface area contributed by atoms with E-state index in [4.69, 9.17) is 11.6 Å². The van der Waals surface area contributed by atoms with Gasteiger partial charge in [-0.15, -0.1) is 0 Å². The average Bonchev–Trinajstić information content (AvgIpc) is 2.69. The van der Waals surface area contributed by atoms with Gasteiger partial charge >= 0.3 is 0 Å². The van der Waals surface area contributed by atoms with Crippen LogP contribution >= 0.6 is 11.6 Å². The lowest BCUT2D eigenvalue weighted by Crippen LogP contribution is -2.52. The Hall–Kier alpha value is -2.58. The van der Waals surface area contributed by atoms with Crippen molar-refractivity contribution in [3.63, 3.8) is 0 Å². The van der Waals surface area contributed by atoms with Crippen LogP contribution in [-0.4, -0.2) is 50.0 Å². The fourth-order valence-corrected chi connectivity index (χ4v) is 4.77. The Morgan fingerprint density at radius 3 is 2.12 bits per heavy atom. The molecule has 0 aliphatic carbocycles. The largest absolute Gasteiger partial charge is 0.352 e. The van der Waals surface area contributed by atoms with Crippen LogP contribution in [-0.2, 0) is 26.2 Å². The second kappa shape index (κ2) is 11.0. The zero-order valence-corrected chi connectivity index (χ0v) is 21.5. The van der Waals surface area contributed by atoms with Gasteiger partial charge in [0.1, 0.15) is 12.6 Å². The molecule has 0 aliphatic rings. The van der Waals surface area contributed by atoms with Crippen molar-refractivity contribution in [2.45, 2.75) is 53.2 Å². The van der Waals surface area contributed by atoms with E-state index < -0.39 is 28.5 Å². The molecule has 33 heavy (non-hydrogen) atoms. The van der Waals surface area contributed by atoms with Crippen molar-refractivity contribution in [3.05, 3.63) is 64.2 Å². The van der Waals surface area contributed by atoms with Crippen molar-refractivity contribution >= 4 is 39.1 Å². The minimum atomic E-state index is -3.77. The number of carbonyl (C=O) groups is 2. The molecule has 7 nitrogen and oxygen atoms in total. The van der Waals surface area contributed by atoms with E-state index in [0.717, 1.165) is 27.3 Å². The van der Waals surface area contributed by atoms with Crippen molar-refractivity contribution in [3.8, 4) is 0 Å². The van der Waals surface area contributed by atoms with Crippen molar-refractivity contribution in [2.24, 2.45) is 0 Å². The van der Waals surface area contributed by atoms with E-state index in [0.29, 0.717) is 10.7 Å². The number of amides is 2. The van der Waals surface area contributed by atoms with E-state index in [1.165, 1.54) is 4.90 Å². The van der Waals surface area contributed by atoms with E-state index in [1.807, 2.05) is 19.9 Å². The first-order valence-corrected chi connectivity index (χ1v) is 12.9. The molecule has 0 bridgehead atoms. The highest BCUT2D eigenvalue weighted by molar-refractivity contribution is 7.92. The molecule has 0 radical (unpaired) electrons. The van der Waals surface area contributed by atoms with Crippen molar-refractivity contribution in [2.75, 3.05) is 17.1 Å². The summed E-state index contributed by atoms with van der Waals surface area (Å²) in [6.07, 6.45) is 1.07. The lowest BCUT2D eigenvalue weighted by molar-refractivity contribution is -0.139. The van der Waals surface area contributed by atoms with E-state index in [9.17, 15) is 18.0 Å². The second-order valence-corrected chi connectivity index (χ2v) is 10.8. The average molecular weight is 494 g/mol. The van der Waals surface area contributed by atoms with E-state index >= 15 is 0 Å². The van der Waals surface area contributed by atoms with Crippen molar-refractivity contribution < 1.29 is 18.0 Å². The van der Waals surface area contributed by atoms with Crippen LogP contribution in [0.2, 0.25) is 5.02 Å². The number of para-hydroxylation sites is 1. The third kappa shape index (κ3) is 7.20. The van der Waals surface area contributed by atoms with Crippen molar-refractivity contribution in [1.29, 1.82) is 0 Å². The van der Waals surface area contributed by atoms with Gasteiger partial charge in [-0.05, 0) is 63.4 Å². The molecule has 1 atom stereocenters. The van der Waals surface area contributed by atoms with Crippen LogP contribution in [0.4, 0.5) is 5.69 Å². The zero-order chi connectivity index (χ0) is 24.9. The topological polar surface area (TPSA) is 86.8 Å². The zero-order valence-electron chi connectivity index (χ0n) is 19.9. The number of hydrogen-bond donors (Lipinski definition) is 1. The fourth-order valence-electron chi connectivity index (χ4n) is 3.59. The van der Waals surface area contributed by atoms with Gasteiger partial charge in [0.2, 0.25) is 21.8 Å². The number of carbonyl (C=O) groups excluding carboxylic acids is 2. The number of hydrogen-bond acceptors (Lipinski definition) is 4. The maximum absolute atomic E-state index is 13.5. The van der Waals surface area contributed by atoms with Crippen LogP contribution in [0.15, 0.2) is 42.5 Å². The van der Waals surface area contributed by atoms with Crippen LogP contribution in [0.1, 0.15) is 37.5 Å². The van der Waals surface area contributed by atoms with Gasteiger partial charge in [0.15, 0.2) is 0 Å². The molecule has 0 spiro atoms. The second-order valence-electron chi connectivity index (χ2n) is 8.50. The summed E-state index contributed by atoms with van der Waals surface area (Å²) in [7, 11) is -3.77. The Morgan fingerprint density at radius 2 is 1.61 bits per heavy atom. The highest BCUT2D eigenvalue weighted by Gasteiger charge is 2.31. The Bertz CT molecular complexity index is 1100. The van der Waals surface area contributed by atoms with Gasteiger partial charge in [-0.2, -0.15) is 0 Å². The smallest absolute Gasteiger partial charge is 0.244 e. The minimum absolute atomic E-state index is 0.106. The molecule has 180 valence electrons. The van der Waals surface area contributed by atoms with Gasteiger partial charge in [0.05, 0.1) is 11.9 Å². The third-order valence-corrected chi connectivity index (χ3v) is 6.56. The number of benzene rings is 2. The normalized spacial score (nSPS) is 12.4. The monoisotopic (exact) mass is 493 g/mol. The summed E-state index contributed by atoms with van der Waals surface area (Å²) in [5, 5.41) is 3.32. The van der Waals surface area contributed by atoms with Crippen LogP contribution in [0.25, 0.3) is 0 Å². The van der Waals surface area contributed by atoms with Gasteiger partial charge < -0.3 is 10.2 Å². The van der Waals surface area contributed by atoms with Gasteiger partial charge in [-0.1, -0.05) is 41.9 Å². The maximum Gasteiger partial charge on any atom is 0.244 e. The summed E-state index contributed by atoms with van der Waals surface area (Å²) in [5.41, 5.74) is 2.67. The molecule has 1 N–H and O–H groups in total. The standard InChI is InChI=1S/C24H32ClN3O4S/c1-16(2)26-24(30)19(5)27(14-20-11-8-12-21(25)13-20)22(29)15-28(33(6,31)32)23-17(3)9-7-10-18(23)4/h7-13,16,19H,14-15H2,1-6H3,(H,26,30)/t19-/m0/s1. The Balaban J connectivity index is 2.45. The highest BCUT2D eigenvalue weighted by Crippen LogP contribution is 2.27. The molecule has 0 heterocycles. The molecule has 2 amide bonds. The van der Waals surface area contributed by atoms with Gasteiger partial charge in [0.25, 0.3) is 0 Å². The lowest BCUT2D eigenvalue weighted by atomic mass is 10.1. The Morgan fingerprint density at radius 1 is 1.03 bits per heavy atom. The van der Waals surface area contributed by atoms with Crippen LogP contribution in [0.3, 0.4) is 0 Å². The van der Waals surface area contributed by atoms with Crippen LogP contribution in [0.5, 0.6) is 0 Å². The predicted octanol–water partition coefficient (Wildman–Crippen LogP) is 3.66. The Labute approximate surface area is 201 Å². The van der Waals surface area contributed by atoms with E-state index in [-0.39, 0.29) is 18.5 Å². The summed E-state index contributed by atoms with van der Waals surface area (Å²) in [6, 6.07) is 11.5. The first kappa shape index (κ1) is 26.7. The molecule has 0 saturated heterocycles. The number of aryl methyl sites for hydroxylation is 2. The number of anilines is 1. The molecule has 9 heteroatoms. The quantitative estimate of drug-likeness (QED) is 0.577. The van der Waals surface area contributed by atoms with Gasteiger partial charge in [-0.3, -0.25) is 13.9 Å². The summed E-state index contributed by atoms with van der Waals surface area (Å²) < 4.78 is 26.5. The minimum Gasteiger partial charge on any atom is -0.352 e. The summed E-state index contributed by atoms with van der Waals surface area (Å²) in [6.45, 7) is 8.58. The molecule has 0 saturated carbocycles. The summed E-state index contributed by atoms with van der Waals surface area (Å²) in [5.74, 6) is -0.812. The molecule has 0 aliphatic heterocycles. The van der Waals surface area contributed by atoms with Gasteiger partial charge in [-0.25, -0.2) is 8.42 Å². The number of rotatable bonds is 9. The SMILES string of the molecule is Cc1cccc(C)c1N(CC(=O)N(Cc1cccc(Cl)c1)[C@@H](C)C(=O)NC(C)C)S(C)(=O)=O. The first-order valence-electron chi connectivity index (χ1n) is 10.7. The summed E-state index contributed by atoms with van der Waals surface area (Å²) >= 11 is 6.11. The first-order chi connectivity index (χ1) is 15.3. The number of nitrogens with one attached hydrogen (secondary N) is 1. The van der Waals surface area contributed by atoms with Gasteiger partial charge in [0, 0.05) is 17.6 Å². The maximum atomic E-state index is 13.5. The lowest BCUT2D eigenvalue weighted by Gasteiger charge is -2.32.